The summed E-state index contributed by atoms with van der Waals surface area (Å²) < 4.78 is 5.28. The van der Waals surface area contributed by atoms with Gasteiger partial charge in [0, 0.05) is 6.54 Å². The van der Waals surface area contributed by atoms with E-state index >= 15 is 0 Å². The fraction of sp³-hybridized carbons (Fsp3) is 0.462. The molecule has 1 rings (SSSR count). The number of para-hydroxylation sites is 1. The Balaban J connectivity index is 2.58. The number of hydrogen-bond donors (Lipinski definition) is 0. The van der Waals surface area contributed by atoms with Crippen molar-refractivity contribution < 1.29 is 4.74 Å². The van der Waals surface area contributed by atoms with Crippen LogP contribution in [-0.4, -0.2) is 31.6 Å². The molecular formula is C13H18N2O. The van der Waals surface area contributed by atoms with Crippen LogP contribution in [0, 0.1) is 11.3 Å². The highest BCUT2D eigenvalue weighted by molar-refractivity contribution is 5.33. The molecule has 1 aromatic carbocycles. The van der Waals surface area contributed by atoms with Gasteiger partial charge in [-0.3, -0.25) is 4.90 Å². The normalized spacial score (nSPS) is 12.2. The van der Waals surface area contributed by atoms with Gasteiger partial charge < -0.3 is 4.74 Å². The Bertz CT molecular complexity index is 370. The predicted octanol–water partition coefficient (Wildman–Crippen LogP) is 2.08. The third kappa shape index (κ3) is 3.25. The summed E-state index contributed by atoms with van der Waals surface area (Å²) in [5, 5.41) is 8.79. The maximum atomic E-state index is 8.79. The van der Waals surface area contributed by atoms with Gasteiger partial charge in [0.25, 0.3) is 0 Å². The van der Waals surface area contributed by atoms with Gasteiger partial charge in [0.15, 0.2) is 0 Å². The first-order valence-electron chi connectivity index (χ1n) is 5.40. The first-order valence-corrected chi connectivity index (χ1v) is 5.40. The minimum atomic E-state index is -0.0466. The van der Waals surface area contributed by atoms with Crippen LogP contribution in [0.3, 0.4) is 0 Å². The van der Waals surface area contributed by atoms with Crippen LogP contribution in [0.25, 0.3) is 0 Å². The zero-order valence-corrected chi connectivity index (χ0v) is 10.1. The molecule has 1 aromatic rings. The summed E-state index contributed by atoms with van der Waals surface area (Å²) in [6.45, 7) is 2.76. The molecule has 0 bridgehead atoms. The molecule has 0 heterocycles. The van der Waals surface area contributed by atoms with Crippen molar-refractivity contribution >= 4 is 0 Å². The highest BCUT2D eigenvalue weighted by atomic mass is 16.5. The van der Waals surface area contributed by atoms with E-state index in [-0.39, 0.29) is 6.04 Å². The van der Waals surface area contributed by atoms with E-state index in [1.54, 1.807) is 7.11 Å². The van der Waals surface area contributed by atoms with E-state index in [0.29, 0.717) is 0 Å². The number of likely N-dealkylation sites (N-methyl/N-ethyl adjacent to an activating group) is 1. The van der Waals surface area contributed by atoms with Crippen LogP contribution in [0.2, 0.25) is 0 Å². The number of rotatable bonds is 5. The second kappa shape index (κ2) is 6.14. The van der Waals surface area contributed by atoms with E-state index in [1.165, 1.54) is 5.56 Å². The SMILES string of the molecule is COc1ccccc1CCN(C)C(C)C#N. The fourth-order valence-corrected chi connectivity index (χ4v) is 1.50. The van der Waals surface area contributed by atoms with Crippen molar-refractivity contribution in [2.45, 2.75) is 19.4 Å². The Morgan fingerprint density at radius 3 is 2.75 bits per heavy atom. The molecule has 0 N–H and O–H groups in total. The van der Waals surface area contributed by atoms with Gasteiger partial charge in [-0.1, -0.05) is 18.2 Å². The number of nitriles is 1. The van der Waals surface area contributed by atoms with Gasteiger partial charge in [0.05, 0.1) is 19.2 Å². The Morgan fingerprint density at radius 1 is 1.44 bits per heavy atom. The Kier molecular flexibility index (Phi) is 4.81. The number of benzene rings is 1. The molecule has 3 nitrogen and oxygen atoms in total. The molecule has 1 atom stereocenters. The highest BCUT2D eigenvalue weighted by Crippen LogP contribution is 2.17. The van der Waals surface area contributed by atoms with Crippen molar-refractivity contribution in [2.75, 3.05) is 20.7 Å². The Labute approximate surface area is 97.3 Å². The molecular weight excluding hydrogens is 200 g/mol. The van der Waals surface area contributed by atoms with E-state index in [4.69, 9.17) is 10.00 Å². The zero-order valence-electron chi connectivity index (χ0n) is 10.1. The lowest BCUT2D eigenvalue weighted by atomic mass is 10.1. The maximum absolute atomic E-state index is 8.79. The largest absolute Gasteiger partial charge is 0.496 e. The van der Waals surface area contributed by atoms with Crippen LogP contribution in [0.15, 0.2) is 24.3 Å². The molecule has 0 aliphatic carbocycles. The second-order valence-electron chi connectivity index (χ2n) is 3.85. The Morgan fingerprint density at radius 2 is 2.12 bits per heavy atom. The van der Waals surface area contributed by atoms with Gasteiger partial charge in [0.1, 0.15) is 5.75 Å². The summed E-state index contributed by atoms with van der Waals surface area (Å²) >= 11 is 0. The summed E-state index contributed by atoms with van der Waals surface area (Å²) in [5.74, 6) is 0.917. The first-order chi connectivity index (χ1) is 7.69. The van der Waals surface area contributed by atoms with Crippen LogP contribution in [-0.2, 0) is 6.42 Å². The number of ether oxygens (including phenoxy) is 1. The number of hydrogen-bond acceptors (Lipinski definition) is 3. The summed E-state index contributed by atoms with van der Waals surface area (Å²) in [5.41, 5.74) is 1.18. The quantitative estimate of drug-likeness (QED) is 0.759. The van der Waals surface area contributed by atoms with E-state index in [1.807, 2.05) is 37.1 Å². The molecule has 0 spiro atoms. The van der Waals surface area contributed by atoms with Crippen LogP contribution in [0.1, 0.15) is 12.5 Å². The van der Waals surface area contributed by atoms with Crippen LogP contribution < -0.4 is 4.74 Å². The average molecular weight is 218 g/mol. The molecule has 86 valence electrons. The molecule has 1 unspecified atom stereocenters. The highest BCUT2D eigenvalue weighted by Gasteiger charge is 2.08. The summed E-state index contributed by atoms with van der Waals surface area (Å²) in [4.78, 5) is 2.03. The van der Waals surface area contributed by atoms with Gasteiger partial charge in [-0.05, 0) is 32.0 Å². The van der Waals surface area contributed by atoms with Crippen molar-refractivity contribution in [2.24, 2.45) is 0 Å². The molecule has 0 saturated carbocycles. The molecule has 0 aliphatic heterocycles. The molecule has 0 aromatic heterocycles. The van der Waals surface area contributed by atoms with Gasteiger partial charge >= 0.3 is 0 Å². The lowest BCUT2D eigenvalue weighted by Gasteiger charge is -2.19. The average Bonchev–Trinajstić information content (AvgIpc) is 2.35. The Hall–Kier alpha value is -1.53. The van der Waals surface area contributed by atoms with Crippen LogP contribution >= 0.6 is 0 Å². The maximum Gasteiger partial charge on any atom is 0.122 e. The fourth-order valence-electron chi connectivity index (χ4n) is 1.50. The van der Waals surface area contributed by atoms with Crippen molar-refractivity contribution in [1.29, 1.82) is 5.26 Å². The first kappa shape index (κ1) is 12.5. The number of nitrogens with zero attached hydrogens (tertiary/aromatic N) is 2. The van der Waals surface area contributed by atoms with Gasteiger partial charge in [0.2, 0.25) is 0 Å². The van der Waals surface area contributed by atoms with Gasteiger partial charge in [-0.2, -0.15) is 5.26 Å². The van der Waals surface area contributed by atoms with E-state index in [9.17, 15) is 0 Å². The van der Waals surface area contributed by atoms with Crippen molar-refractivity contribution in [3.8, 4) is 11.8 Å². The minimum Gasteiger partial charge on any atom is -0.496 e. The topological polar surface area (TPSA) is 36.3 Å². The smallest absolute Gasteiger partial charge is 0.122 e. The molecule has 0 amide bonds. The van der Waals surface area contributed by atoms with Gasteiger partial charge in [-0.25, -0.2) is 0 Å². The van der Waals surface area contributed by atoms with Crippen LogP contribution in [0.5, 0.6) is 5.75 Å². The second-order valence-corrected chi connectivity index (χ2v) is 3.85. The van der Waals surface area contributed by atoms with Crippen molar-refractivity contribution in [3.63, 3.8) is 0 Å². The number of methoxy groups -OCH3 is 1. The molecule has 16 heavy (non-hydrogen) atoms. The lowest BCUT2D eigenvalue weighted by Crippen LogP contribution is -2.29. The monoisotopic (exact) mass is 218 g/mol. The third-order valence-corrected chi connectivity index (χ3v) is 2.77. The molecule has 0 radical (unpaired) electrons. The molecule has 3 heteroatoms. The summed E-state index contributed by atoms with van der Waals surface area (Å²) in [7, 11) is 3.64. The third-order valence-electron chi connectivity index (χ3n) is 2.77. The predicted molar refractivity (Wildman–Crippen MR) is 64.4 cm³/mol. The van der Waals surface area contributed by atoms with Gasteiger partial charge in [-0.15, -0.1) is 0 Å². The van der Waals surface area contributed by atoms with Crippen LogP contribution in [0.4, 0.5) is 0 Å². The molecule has 0 aliphatic rings. The zero-order chi connectivity index (χ0) is 12.0. The van der Waals surface area contributed by atoms with Crippen molar-refractivity contribution in [3.05, 3.63) is 29.8 Å². The van der Waals surface area contributed by atoms with E-state index in [2.05, 4.69) is 12.1 Å². The summed E-state index contributed by atoms with van der Waals surface area (Å²) in [6.07, 6.45) is 0.895. The lowest BCUT2D eigenvalue weighted by molar-refractivity contribution is 0.304. The minimum absolute atomic E-state index is 0.0466. The molecule has 0 fully saturated rings. The summed E-state index contributed by atoms with van der Waals surface area (Å²) in [6, 6.07) is 10.2. The van der Waals surface area contributed by atoms with E-state index in [0.717, 1.165) is 18.7 Å². The standard InChI is InChI=1S/C13H18N2O/c1-11(10-14)15(2)9-8-12-6-4-5-7-13(12)16-3/h4-7,11H,8-9H2,1-3H3. The van der Waals surface area contributed by atoms with E-state index < -0.39 is 0 Å². The van der Waals surface area contributed by atoms with Crippen molar-refractivity contribution in [1.82, 2.24) is 4.90 Å². The molecule has 0 saturated heterocycles.